The topological polar surface area (TPSA) is 84.6 Å². The monoisotopic (exact) mass is 476 g/mol. The van der Waals surface area contributed by atoms with Gasteiger partial charge in [-0.1, -0.05) is 50.1 Å². The van der Waals surface area contributed by atoms with E-state index in [1.807, 2.05) is 42.5 Å². The molecule has 0 bridgehead atoms. The highest BCUT2D eigenvalue weighted by Crippen LogP contribution is 2.38. The molecule has 1 amide bonds. The molecular weight excluding hydrogens is 436 g/mol. The lowest BCUT2D eigenvalue weighted by atomic mass is 9.90. The fraction of sp³-hybridized carbons (Fsp3) is 0.433. The van der Waals surface area contributed by atoms with E-state index in [0.717, 1.165) is 61.2 Å². The van der Waals surface area contributed by atoms with E-state index >= 15 is 0 Å². The number of hydrogen-bond acceptors (Lipinski definition) is 4. The van der Waals surface area contributed by atoms with Gasteiger partial charge in [0.15, 0.2) is 0 Å². The van der Waals surface area contributed by atoms with Crippen LogP contribution < -0.4 is 11.1 Å². The predicted octanol–water partition coefficient (Wildman–Crippen LogP) is 7.03. The number of ether oxygens (including phenoxy) is 1. The number of carbonyl (C=O) groups excluding carboxylic acids is 1. The van der Waals surface area contributed by atoms with Gasteiger partial charge in [0, 0.05) is 18.2 Å². The molecule has 2 aromatic carbocycles. The molecule has 0 aliphatic carbocycles. The van der Waals surface area contributed by atoms with Crippen molar-refractivity contribution in [1.82, 2.24) is 0 Å². The van der Waals surface area contributed by atoms with Gasteiger partial charge >= 0.3 is 0 Å². The Morgan fingerprint density at radius 3 is 2.60 bits per heavy atom. The maximum atomic E-state index is 11.3. The van der Waals surface area contributed by atoms with Crippen molar-refractivity contribution < 1.29 is 14.6 Å². The molecule has 0 saturated heterocycles. The number of aromatic hydroxyl groups is 1. The number of nitrogens with two attached hydrogens (primary N) is 1. The summed E-state index contributed by atoms with van der Waals surface area (Å²) in [6.45, 7) is 5.12. The Morgan fingerprint density at radius 2 is 1.89 bits per heavy atom. The molecule has 1 unspecified atom stereocenters. The molecular formula is C30H40N2O3. The van der Waals surface area contributed by atoms with Crippen LogP contribution in [0.5, 0.6) is 5.75 Å². The lowest BCUT2D eigenvalue weighted by molar-refractivity contribution is -0.114. The number of amides is 1. The Kier molecular flexibility index (Phi) is 10.4. The lowest BCUT2D eigenvalue weighted by Crippen LogP contribution is -2.06. The van der Waals surface area contributed by atoms with Crippen molar-refractivity contribution in [1.29, 1.82) is 0 Å². The minimum absolute atomic E-state index is 0.111. The molecule has 0 spiro atoms. The average molecular weight is 477 g/mol. The van der Waals surface area contributed by atoms with Crippen LogP contribution in [0.1, 0.15) is 70.8 Å². The molecule has 5 heteroatoms. The summed E-state index contributed by atoms with van der Waals surface area (Å²) in [5.41, 5.74) is 10.1. The Hall–Kier alpha value is -3.05. The van der Waals surface area contributed by atoms with E-state index in [1.54, 1.807) is 0 Å². The summed E-state index contributed by atoms with van der Waals surface area (Å²) >= 11 is 0. The van der Waals surface area contributed by atoms with Crippen molar-refractivity contribution in [3.8, 4) is 16.9 Å². The van der Waals surface area contributed by atoms with E-state index in [2.05, 4.69) is 24.4 Å². The van der Waals surface area contributed by atoms with Gasteiger partial charge in [-0.25, -0.2) is 0 Å². The first-order valence-corrected chi connectivity index (χ1v) is 13.0. The maximum absolute atomic E-state index is 11.3. The first-order chi connectivity index (χ1) is 17.0. The number of nitrogens with one attached hydrogen (secondary N) is 1. The SMILES string of the molecule is CCCC(CCCN)CCC1=C\CCCO/C(c2cccc(-c3ccc(NC(C)=O)cc3)c2O)=C\1. The molecule has 1 aliphatic rings. The van der Waals surface area contributed by atoms with Gasteiger partial charge in [0.1, 0.15) is 11.5 Å². The van der Waals surface area contributed by atoms with Crippen LogP contribution >= 0.6 is 0 Å². The Morgan fingerprint density at radius 1 is 1.11 bits per heavy atom. The smallest absolute Gasteiger partial charge is 0.221 e. The quantitative estimate of drug-likeness (QED) is 0.325. The minimum atomic E-state index is -0.111. The lowest BCUT2D eigenvalue weighted by Gasteiger charge is -2.19. The number of phenolic OH excluding ortho intramolecular Hbond substituents is 1. The third-order valence-electron chi connectivity index (χ3n) is 6.50. The Balaban J connectivity index is 1.83. The number of carbonyl (C=O) groups is 1. The summed E-state index contributed by atoms with van der Waals surface area (Å²) in [6, 6.07) is 13.2. The predicted molar refractivity (Wildman–Crippen MR) is 145 cm³/mol. The van der Waals surface area contributed by atoms with Gasteiger partial charge in [-0.15, -0.1) is 0 Å². The molecule has 0 saturated carbocycles. The summed E-state index contributed by atoms with van der Waals surface area (Å²) in [6.07, 6.45) is 13.3. The number of allylic oxidation sites excluding steroid dienone is 3. The van der Waals surface area contributed by atoms with Crippen LogP contribution in [0.4, 0.5) is 5.69 Å². The second-order valence-corrected chi connectivity index (χ2v) is 9.36. The van der Waals surface area contributed by atoms with Gasteiger partial charge in [0.05, 0.1) is 12.2 Å². The van der Waals surface area contributed by atoms with Crippen molar-refractivity contribution in [2.45, 2.75) is 65.2 Å². The van der Waals surface area contributed by atoms with Crippen LogP contribution in [0.3, 0.4) is 0 Å². The number of anilines is 1. The van der Waals surface area contributed by atoms with Crippen LogP contribution in [0.25, 0.3) is 16.9 Å². The molecule has 5 nitrogen and oxygen atoms in total. The van der Waals surface area contributed by atoms with E-state index in [9.17, 15) is 9.90 Å². The molecule has 0 aromatic heterocycles. The molecule has 1 aliphatic heterocycles. The number of para-hydroxylation sites is 1. The van der Waals surface area contributed by atoms with E-state index in [-0.39, 0.29) is 11.7 Å². The summed E-state index contributed by atoms with van der Waals surface area (Å²) in [5, 5.41) is 14.0. The van der Waals surface area contributed by atoms with Crippen LogP contribution in [0.2, 0.25) is 0 Å². The summed E-state index contributed by atoms with van der Waals surface area (Å²) in [5.74, 6) is 1.52. The molecule has 0 fully saturated rings. The van der Waals surface area contributed by atoms with Crippen molar-refractivity contribution in [2.24, 2.45) is 11.7 Å². The van der Waals surface area contributed by atoms with Gasteiger partial charge in [0.25, 0.3) is 0 Å². The molecule has 1 atom stereocenters. The zero-order valence-corrected chi connectivity index (χ0v) is 21.2. The summed E-state index contributed by atoms with van der Waals surface area (Å²) < 4.78 is 6.15. The van der Waals surface area contributed by atoms with E-state index in [4.69, 9.17) is 10.5 Å². The number of rotatable bonds is 11. The standard InChI is InChI=1S/C30H40N2O3/c1-3-8-23(10-7-19-31)13-14-24-9-4-5-20-35-29(21-24)28-12-6-11-27(30(28)34)25-15-17-26(18-16-25)32-22(2)33/h6,9,11-12,15-18,21,23,34H,3-5,7-8,10,13-14,19-20,31H2,1-2H3,(H,32,33)/b24-9+,29-21-. The van der Waals surface area contributed by atoms with Crippen LogP contribution in [-0.4, -0.2) is 24.2 Å². The first kappa shape index (κ1) is 26.6. The van der Waals surface area contributed by atoms with Gasteiger partial charge in [0.2, 0.25) is 5.91 Å². The normalized spacial score (nSPS) is 17.7. The van der Waals surface area contributed by atoms with Crippen molar-refractivity contribution >= 4 is 17.4 Å². The maximum Gasteiger partial charge on any atom is 0.221 e. The molecule has 3 rings (SSSR count). The summed E-state index contributed by atoms with van der Waals surface area (Å²) in [7, 11) is 0. The fourth-order valence-electron chi connectivity index (χ4n) is 4.68. The molecule has 4 N–H and O–H groups in total. The van der Waals surface area contributed by atoms with Crippen molar-refractivity contribution in [3.05, 3.63) is 65.8 Å². The van der Waals surface area contributed by atoms with Crippen molar-refractivity contribution in [2.75, 3.05) is 18.5 Å². The highest BCUT2D eigenvalue weighted by atomic mass is 16.5. The second kappa shape index (κ2) is 13.7. The molecule has 2 aromatic rings. The summed E-state index contributed by atoms with van der Waals surface area (Å²) in [4.78, 5) is 11.3. The third-order valence-corrected chi connectivity index (χ3v) is 6.50. The zero-order valence-electron chi connectivity index (χ0n) is 21.2. The third kappa shape index (κ3) is 8.00. The minimum Gasteiger partial charge on any atom is -0.507 e. The molecule has 1 heterocycles. The molecule has 35 heavy (non-hydrogen) atoms. The van der Waals surface area contributed by atoms with Crippen LogP contribution in [0, 0.1) is 5.92 Å². The van der Waals surface area contributed by atoms with Gasteiger partial charge in [-0.05, 0) is 86.4 Å². The van der Waals surface area contributed by atoms with Gasteiger partial charge < -0.3 is 20.9 Å². The van der Waals surface area contributed by atoms with Crippen molar-refractivity contribution in [3.63, 3.8) is 0 Å². The van der Waals surface area contributed by atoms with E-state index in [1.165, 1.54) is 31.8 Å². The highest BCUT2D eigenvalue weighted by molar-refractivity contribution is 5.89. The zero-order chi connectivity index (χ0) is 25.0. The van der Waals surface area contributed by atoms with E-state index in [0.29, 0.717) is 18.1 Å². The Bertz CT molecular complexity index is 1020. The van der Waals surface area contributed by atoms with Gasteiger partial charge in [-0.3, -0.25) is 4.79 Å². The number of benzene rings is 2. The Labute approximate surface area is 210 Å². The molecule has 0 radical (unpaired) electrons. The van der Waals surface area contributed by atoms with Crippen LogP contribution in [-0.2, 0) is 9.53 Å². The molecule has 188 valence electrons. The second-order valence-electron chi connectivity index (χ2n) is 9.36. The number of phenols is 1. The van der Waals surface area contributed by atoms with Gasteiger partial charge in [-0.2, -0.15) is 0 Å². The van der Waals surface area contributed by atoms with Crippen LogP contribution in [0.15, 0.2) is 60.2 Å². The average Bonchev–Trinajstić information content (AvgIpc) is 2.82. The van der Waals surface area contributed by atoms with E-state index < -0.39 is 0 Å². The largest absolute Gasteiger partial charge is 0.507 e. The number of hydrogen-bond donors (Lipinski definition) is 3. The fourth-order valence-corrected chi connectivity index (χ4v) is 4.68. The highest BCUT2D eigenvalue weighted by Gasteiger charge is 2.16. The first-order valence-electron chi connectivity index (χ1n) is 13.0.